The van der Waals surface area contributed by atoms with Crippen LogP contribution in [-0.4, -0.2) is 4.98 Å². The second kappa shape index (κ2) is 3.38. The summed E-state index contributed by atoms with van der Waals surface area (Å²) in [6.45, 7) is 0. The van der Waals surface area contributed by atoms with Crippen molar-refractivity contribution in [2.45, 2.75) is 6.42 Å². The Kier molecular flexibility index (Phi) is 2.03. The molecule has 0 saturated heterocycles. The van der Waals surface area contributed by atoms with Gasteiger partial charge in [0.2, 0.25) is 0 Å². The molecule has 3 rings (SSSR count). The van der Waals surface area contributed by atoms with Crippen molar-refractivity contribution in [3.63, 3.8) is 0 Å². The number of aromatic nitrogens is 1. The largest absolute Gasteiger partial charge is 0.354 e. The van der Waals surface area contributed by atoms with E-state index in [0.717, 1.165) is 6.42 Å². The summed E-state index contributed by atoms with van der Waals surface area (Å²) in [6.07, 6.45) is 7.50. The predicted molar refractivity (Wildman–Crippen MR) is 68.9 cm³/mol. The van der Waals surface area contributed by atoms with E-state index in [-0.39, 0.29) is 0 Å². The first-order valence-corrected chi connectivity index (χ1v) is 5.79. The van der Waals surface area contributed by atoms with E-state index in [4.69, 9.17) is 0 Å². The standard InChI is InChI=1S/C13H10BrN/c14-10-6-2-4-8-12-13(10)9-5-1-3-7-11(9)15-12/h1,3-8,15H,2H2. The average Bonchev–Trinajstić information content (AvgIpc) is 2.53. The molecule has 1 aromatic carbocycles. The van der Waals surface area contributed by atoms with Crippen molar-refractivity contribution in [3.8, 4) is 0 Å². The monoisotopic (exact) mass is 259 g/mol. The molecule has 0 unspecified atom stereocenters. The van der Waals surface area contributed by atoms with E-state index in [1.54, 1.807) is 0 Å². The SMILES string of the molecule is BrC1=CCC=Cc2[nH]c3ccccc3c21. The van der Waals surface area contributed by atoms with Gasteiger partial charge in [-0.15, -0.1) is 0 Å². The summed E-state index contributed by atoms with van der Waals surface area (Å²) in [5.41, 5.74) is 3.66. The van der Waals surface area contributed by atoms with Gasteiger partial charge in [0.1, 0.15) is 0 Å². The molecule has 0 spiro atoms. The topological polar surface area (TPSA) is 15.8 Å². The van der Waals surface area contributed by atoms with E-state index < -0.39 is 0 Å². The van der Waals surface area contributed by atoms with Gasteiger partial charge in [-0.3, -0.25) is 0 Å². The fourth-order valence-electron chi connectivity index (χ4n) is 2.00. The van der Waals surface area contributed by atoms with Gasteiger partial charge in [0.15, 0.2) is 0 Å². The molecule has 1 nitrogen and oxygen atoms in total. The van der Waals surface area contributed by atoms with E-state index in [1.165, 1.54) is 26.6 Å². The number of fused-ring (bicyclic) bond motifs is 3. The maximum Gasteiger partial charge on any atom is 0.0473 e. The van der Waals surface area contributed by atoms with Crippen LogP contribution in [0.15, 0.2) is 36.4 Å². The van der Waals surface area contributed by atoms with Crippen molar-refractivity contribution >= 4 is 37.4 Å². The highest BCUT2D eigenvalue weighted by atomic mass is 79.9. The van der Waals surface area contributed by atoms with Gasteiger partial charge in [0, 0.05) is 26.6 Å². The number of rotatable bonds is 0. The van der Waals surface area contributed by atoms with Crippen molar-refractivity contribution in [1.82, 2.24) is 4.98 Å². The predicted octanol–water partition coefficient (Wildman–Crippen LogP) is 4.32. The molecule has 0 amide bonds. The summed E-state index contributed by atoms with van der Waals surface area (Å²) in [6, 6.07) is 8.39. The van der Waals surface area contributed by atoms with Crippen LogP contribution in [0.5, 0.6) is 0 Å². The molecule has 2 heteroatoms. The summed E-state index contributed by atoms with van der Waals surface area (Å²) in [5.74, 6) is 0. The first kappa shape index (κ1) is 8.98. The number of halogens is 1. The fraction of sp³-hybridized carbons (Fsp3) is 0.0769. The van der Waals surface area contributed by atoms with Crippen LogP contribution in [0.3, 0.4) is 0 Å². The lowest BCUT2D eigenvalue weighted by atomic mass is 10.1. The molecule has 1 heterocycles. The molecule has 0 atom stereocenters. The molecule has 0 aliphatic heterocycles. The van der Waals surface area contributed by atoms with Crippen LogP contribution in [0.1, 0.15) is 17.7 Å². The number of para-hydroxylation sites is 1. The molecular formula is C13H10BrN. The van der Waals surface area contributed by atoms with Gasteiger partial charge in [-0.1, -0.05) is 46.3 Å². The molecule has 1 aliphatic carbocycles. The lowest BCUT2D eigenvalue weighted by molar-refractivity contribution is 1.41. The third-order valence-corrected chi connectivity index (χ3v) is 3.41. The summed E-state index contributed by atoms with van der Waals surface area (Å²) in [4.78, 5) is 3.43. The molecule has 0 radical (unpaired) electrons. The van der Waals surface area contributed by atoms with Crippen molar-refractivity contribution in [2.75, 3.05) is 0 Å². The number of hydrogen-bond donors (Lipinski definition) is 1. The van der Waals surface area contributed by atoms with E-state index >= 15 is 0 Å². The molecule has 1 aliphatic rings. The van der Waals surface area contributed by atoms with Crippen LogP contribution in [0.2, 0.25) is 0 Å². The Morgan fingerprint density at radius 3 is 3.00 bits per heavy atom. The van der Waals surface area contributed by atoms with E-state index in [1.807, 2.05) is 0 Å². The van der Waals surface area contributed by atoms with Crippen LogP contribution in [-0.2, 0) is 0 Å². The van der Waals surface area contributed by atoms with Crippen LogP contribution >= 0.6 is 15.9 Å². The second-order valence-corrected chi connectivity index (χ2v) is 4.50. The van der Waals surface area contributed by atoms with Crippen LogP contribution in [0, 0.1) is 0 Å². The number of nitrogens with one attached hydrogen (secondary N) is 1. The zero-order chi connectivity index (χ0) is 10.3. The Balaban J connectivity index is 2.43. The van der Waals surface area contributed by atoms with Gasteiger partial charge in [0.05, 0.1) is 0 Å². The highest BCUT2D eigenvalue weighted by molar-refractivity contribution is 9.15. The molecule has 74 valence electrons. The molecular weight excluding hydrogens is 250 g/mol. The van der Waals surface area contributed by atoms with Crippen molar-refractivity contribution in [1.29, 1.82) is 0 Å². The maximum atomic E-state index is 3.64. The normalized spacial score (nSPS) is 14.9. The summed E-state index contributed by atoms with van der Waals surface area (Å²) in [7, 11) is 0. The van der Waals surface area contributed by atoms with Gasteiger partial charge < -0.3 is 4.98 Å². The number of hydrogen-bond acceptors (Lipinski definition) is 0. The molecule has 0 fully saturated rings. The first-order chi connectivity index (χ1) is 7.36. The number of allylic oxidation sites excluding steroid dienone is 2. The molecule has 15 heavy (non-hydrogen) atoms. The van der Waals surface area contributed by atoms with Gasteiger partial charge in [-0.2, -0.15) is 0 Å². The van der Waals surface area contributed by atoms with E-state index in [9.17, 15) is 0 Å². The Labute approximate surface area is 96.6 Å². The molecule has 1 N–H and O–H groups in total. The number of aromatic amines is 1. The van der Waals surface area contributed by atoms with Crippen molar-refractivity contribution < 1.29 is 0 Å². The minimum atomic E-state index is 0.984. The minimum absolute atomic E-state index is 0.984. The summed E-state index contributed by atoms with van der Waals surface area (Å²) < 4.78 is 1.18. The lowest BCUT2D eigenvalue weighted by Crippen LogP contribution is -1.77. The molecule has 1 aromatic heterocycles. The highest BCUT2D eigenvalue weighted by Crippen LogP contribution is 2.34. The first-order valence-electron chi connectivity index (χ1n) is 4.99. The number of H-pyrrole nitrogens is 1. The second-order valence-electron chi connectivity index (χ2n) is 3.65. The van der Waals surface area contributed by atoms with E-state index in [0.29, 0.717) is 0 Å². The van der Waals surface area contributed by atoms with Crippen molar-refractivity contribution in [2.24, 2.45) is 0 Å². The maximum absolute atomic E-state index is 3.64. The van der Waals surface area contributed by atoms with Crippen LogP contribution in [0.4, 0.5) is 0 Å². The lowest BCUT2D eigenvalue weighted by Gasteiger charge is -1.97. The third kappa shape index (κ3) is 1.37. The van der Waals surface area contributed by atoms with Gasteiger partial charge in [-0.25, -0.2) is 0 Å². The summed E-state index contributed by atoms with van der Waals surface area (Å²) >= 11 is 3.64. The van der Waals surface area contributed by atoms with Gasteiger partial charge >= 0.3 is 0 Å². The molecule has 0 saturated carbocycles. The Morgan fingerprint density at radius 1 is 1.20 bits per heavy atom. The average molecular weight is 260 g/mol. The number of benzene rings is 1. The molecule has 2 aromatic rings. The minimum Gasteiger partial charge on any atom is -0.354 e. The Hall–Kier alpha value is -1.28. The van der Waals surface area contributed by atoms with Crippen LogP contribution < -0.4 is 0 Å². The third-order valence-electron chi connectivity index (χ3n) is 2.69. The zero-order valence-electron chi connectivity index (χ0n) is 8.13. The highest BCUT2D eigenvalue weighted by Gasteiger charge is 2.12. The fourth-order valence-corrected chi connectivity index (χ4v) is 2.62. The smallest absolute Gasteiger partial charge is 0.0473 e. The van der Waals surface area contributed by atoms with Crippen molar-refractivity contribution in [3.05, 3.63) is 47.7 Å². The molecule has 0 bridgehead atoms. The van der Waals surface area contributed by atoms with E-state index in [2.05, 4.69) is 63.4 Å². The van der Waals surface area contributed by atoms with Crippen LogP contribution in [0.25, 0.3) is 21.5 Å². The zero-order valence-corrected chi connectivity index (χ0v) is 9.71. The Morgan fingerprint density at radius 2 is 2.07 bits per heavy atom. The van der Waals surface area contributed by atoms with Gasteiger partial charge in [0.25, 0.3) is 0 Å². The Bertz CT molecular complexity index is 575. The quantitative estimate of drug-likeness (QED) is 0.726. The summed E-state index contributed by atoms with van der Waals surface area (Å²) in [5, 5.41) is 1.28. The van der Waals surface area contributed by atoms with Gasteiger partial charge in [-0.05, 0) is 18.6 Å².